The molecule has 2 aromatic carbocycles. The number of hydrogen-bond acceptors (Lipinski definition) is 3. The lowest BCUT2D eigenvalue weighted by atomic mass is 10.2. The van der Waals surface area contributed by atoms with Crippen LogP contribution in [0.25, 0.3) is 5.69 Å². The van der Waals surface area contributed by atoms with Gasteiger partial charge in [-0.2, -0.15) is 14.3 Å². The molecule has 0 unspecified atom stereocenters. The second kappa shape index (κ2) is 8.17. The van der Waals surface area contributed by atoms with Crippen LogP contribution in [-0.2, 0) is 0 Å². The van der Waals surface area contributed by atoms with Gasteiger partial charge in [0.1, 0.15) is 6.33 Å². The third-order valence-corrected chi connectivity index (χ3v) is 4.98. The Kier molecular flexibility index (Phi) is 6.05. The average Bonchev–Trinajstić information content (AvgIpc) is 2.98. The molecular weight excluding hydrogens is 446 g/mol. The van der Waals surface area contributed by atoms with Crippen LogP contribution in [0.3, 0.4) is 0 Å². The molecule has 3 rings (SSSR count). The first-order valence-electron chi connectivity index (χ1n) is 8.11. The predicted molar refractivity (Wildman–Crippen MR) is 113 cm³/mol. The van der Waals surface area contributed by atoms with E-state index in [-0.39, 0.29) is 16.1 Å². The molecule has 0 N–H and O–H groups in total. The summed E-state index contributed by atoms with van der Waals surface area (Å²) in [7, 11) is 0. The Morgan fingerprint density at radius 2 is 1.61 bits per heavy atom. The highest BCUT2D eigenvalue weighted by Gasteiger charge is 2.26. The van der Waals surface area contributed by atoms with Crippen molar-refractivity contribution < 1.29 is 4.79 Å². The molecule has 28 heavy (non-hydrogen) atoms. The van der Waals surface area contributed by atoms with Crippen LogP contribution in [0, 0.1) is 0 Å². The maximum absolute atomic E-state index is 13.1. The monoisotopic (exact) mass is 458 g/mol. The largest absolute Gasteiger partial charge is 0.358 e. The molecule has 0 saturated carbocycles. The van der Waals surface area contributed by atoms with Crippen LogP contribution < -0.4 is 10.6 Å². The summed E-state index contributed by atoms with van der Waals surface area (Å²) < 4.78 is 1.91. The quantitative estimate of drug-likeness (QED) is 0.517. The zero-order valence-corrected chi connectivity index (χ0v) is 17.8. The molecule has 1 aromatic heterocycles. The summed E-state index contributed by atoms with van der Waals surface area (Å²) in [6.45, 7) is 3.60. The maximum atomic E-state index is 13.1. The van der Waals surface area contributed by atoms with Gasteiger partial charge in [0.05, 0.1) is 21.4 Å². The van der Waals surface area contributed by atoms with E-state index in [1.165, 1.54) is 17.0 Å². The minimum absolute atomic E-state index is 0.230. The standard InChI is InChI=1S/C18H14Cl4N4O2/c1-10(2)25(15-5-3-11(19)7-13(15)21)17(27)24-9-23-26(18(24)28)16-6-4-12(20)8-14(16)22/h3-10H,1-2H3. The Bertz CT molecular complexity index is 1110. The van der Waals surface area contributed by atoms with Gasteiger partial charge in [0.15, 0.2) is 0 Å². The number of rotatable bonds is 3. The Hall–Kier alpha value is -1.99. The Morgan fingerprint density at radius 3 is 2.18 bits per heavy atom. The zero-order chi connectivity index (χ0) is 20.6. The van der Waals surface area contributed by atoms with Crippen LogP contribution >= 0.6 is 46.4 Å². The summed E-state index contributed by atoms with van der Waals surface area (Å²) in [4.78, 5) is 27.3. The minimum atomic E-state index is -0.676. The first-order valence-corrected chi connectivity index (χ1v) is 9.62. The number of halogens is 4. The molecule has 0 aliphatic carbocycles. The molecule has 0 radical (unpaired) electrons. The van der Waals surface area contributed by atoms with Crippen molar-refractivity contribution in [2.75, 3.05) is 4.90 Å². The van der Waals surface area contributed by atoms with E-state index < -0.39 is 11.7 Å². The van der Waals surface area contributed by atoms with Crippen molar-refractivity contribution in [3.05, 3.63) is 73.3 Å². The van der Waals surface area contributed by atoms with Gasteiger partial charge in [-0.25, -0.2) is 9.59 Å². The maximum Gasteiger partial charge on any atom is 0.358 e. The molecule has 3 aromatic rings. The molecule has 10 heteroatoms. The average molecular weight is 460 g/mol. The van der Waals surface area contributed by atoms with Crippen molar-refractivity contribution in [1.82, 2.24) is 14.3 Å². The van der Waals surface area contributed by atoms with Crippen molar-refractivity contribution in [2.24, 2.45) is 0 Å². The van der Waals surface area contributed by atoms with E-state index in [1.54, 1.807) is 38.1 Å². The smallest absolute Gasteiger partial charge is 0.290 e. The highest BCUT2D eigenvalue weighted by molar-refractivity contribution is 6.37. The fourth-order valence-electron chi connectivity index (χ4n) is 2.65. The molecule has 0 bridgehead atoms. The number of carbonyl (C=O) groups is 1. The van der Waals surface area contributed by atoms with E-state index in [9.17, 15) is 9.59 Å². The summed E-state index contributed by atoms with van der Waals surface area (Å²) in [5.41, 5.74) is 0.0587. The Balaban J connectivity index is 2.06. The number of aromatic nitrogens is 3. The second-order valence-corrected chi connectivity index (χ2v) is 7.82. The minimum Gasteiger partial charge on any atom is -0.290 e. The number of anilines is 1. The van der Waals surface area contributed by atoms with E-state index in [2.05, 4.69) is 5.10 Å². The Labute approximate surface area is 180 Å². The van der Waals surface area contributed by atoms with Gasteiger partial charge < -0.3 is 0 Å². The van der Waals surface area contributed by atoms with E-state index in [0.29, 0.717) is 21.4 Å². The fraction of sp³-hybridized carbons (Fsp3) is 0.167. The molecule has 0 spiro atoms. The van der Waals surface area contributed by atoms with Crippen LogP contribution in [0.15, 0.2) is 47.5 Å². The highest BCUT2D eigenvalue weighted by Crippen LogP contribution is 2.30. The molecule has 0 aliphatic rings. The van der Waals surface area contributed by atoms with Crippen molar-refractivity contribution in [3.63, 3.8) is 0 Å². The summed E-state index contributed by atoms with van der Waals surface area (Å²) in [5.74, 6) is 0. The summed E-state index contributed by atoms with van der Waals surface area (Å²) in [6, 6.07) is 8.47. The normalized spacial score (nSPS) is 11.1. The van der Waals surface area contributed by atoms with E-state index >= 15 is 0 Å². The zero-order valence-electron chi connectivity index (χ0n) is 14.7. The Morgan fingerprint density at radius 1 is 1.00 bits per heavy atom. The molecule has 146 valence electrons. The van der Waals surface area contributed by atoms with Gasteiger partial charge in [-0.15, -0.1) is 0 Å². The van der Waals surface area contributed by atoms with Crippen LogP contribution in [0.4, 0.5) is 10.5 Å². The number of benzene rings is 2. The molecule has 1 heterocycles. The lowest BCUT2D eigenvalue weighted by Crippen LogP contribution is -2.44. The topological polar surface area (TPSA) is 60.1 Å². The number of amides is 1. The van der Waals surface area contributed by atoms with Gasteiger partial charge in [-0.05, 0) is 50.2 Å². The van der Waals surface area contributed by atoms with Gasteiger partial charge in [-0.3, -0.25) is 4.90 Å². The van der Waals surface area contributed by atoms with E-state index in [1.807, 2.05) is 0 Å². The number of carbonyl (C=O) groups excluding carboxylic acids is 1. The van der Waals surface area contributed by atoms with Gasteiger partial charge in [0, 0.05) is 16.1 Å². The lowest BCUT2D eigenvalue weighted by molar-refractivity contribution is 0.245. The van der Waals surface area contributed by atoms with Crippen molar-refractivity contribution in [2.45, 2.75) is 19.9 Å². The van der Waals surface area contributed by atoms with Crippen molar-refractivity contribution >= 4 is 58.1 Å². The summed E-state index contributed by atoms with van der Waals surface area (Å²) in [6.07, 6.45) is 1.13. The highest BCUT2D eigenvalue weighted by atomic mass is 35.5. The molecule has 1 amide bonds. The van der Waals surface area contributed by atoms with Crippen LogP contribution in [0.1, 0.15) is 13.8 Å². The SMILES string of the molecule is CC(C)N(C(=O)n1cnn(-c2ccc(Cl)cc2Cl)c1=O)c1ccc(Cl)cc1Cl. The van der Waals surface area contributed by atoms with Crippen LogP contribution in [-0.4, -0.2) is 26.4 Å². The molecule has 0 aliphatic heterocycles. The van der Waals surface area contributed by atoms with E-state index in [0.717, 1.165) is 15.6 Å². The third kappa shape index (κ3) is 3.91. The number of hydrogen-bond donors (Lipinski definition) is 0. The third-order valence-electron chi connectivity index (χ3n) is 3.91. The number of nitrogens with zero attached hydrogens (tertiary/aromatic N) is 4. The van der Waals surface area contributed by atoms with E-state index in [4.69, 9.17) is 46.4 Å². The molecule has 6 nitrogen and oxygen atoms in total. The first-order chi connectivity index (χ1) is 13.2. The van der Waals surface area contributed by atoms with Gasteiger partial charge in [-0.1, -0.05) is 46.4 Å². The second-order valence-electron chi connectivity index (χ2n) is 6.13. The van der Waals surface area contributed by atoms with Crippen molar-refractivity contribution in [3.8, 4) is 5.69 Å². The molecular formula is C18H14Cl4N4O2. The van der Waals surface area contributed by atoms with Gasteiger partial charge >= 0.3 is 11.7 Å². The summed E-state index contributed by atoms with van der Waals surface area (Å²) >= 11 is 24.2. The van der Waals surface area contributed by atoms with Crippen LogP contribution in [0.5, 0.6) is 0 Å². The predicted octanol–water partition coefficient (Wildman–Crippen LogP) is 5.53. The lowest BCUT2D eigenvalue weighted by Gasteiger charge is -2.27. The fourth-order valence-corrected chi connectivity index (χ4v) is 3.64. The molecule has 0 saturated heterocycles. The first kappa shape index (κ1) is 20.7. The summed E-state index contributed by atoms with van der Waals surface area (Å²) in [5, 5.41) is 5.38. The van der Waals surface area contributed by atoms with Gasteiger partial charge in [0.25, 0.3) is 0 Å². The van der Waals surface area contributed by atoms with Crippen LogP contribution in [0.2, 0.25) is 20.1 Å². The molecule has 0 fully saturated rings. The molecule has 0 atom stereocenters. The van der Waals surface area contributed by atoms with Gasteiger partial charge in [0.2, 0.25) is 0 Å². The van der Waals surface area contributed by atoms with Crippen molar-refractivity contribution in [1.29, 1.82) is 0 Å².